The Kier molecular flexibility index (Phi) is 3.94. The van der Waals surface area contributed by atoms with Crippen LogP contribution in [0.2, 0.25) is 0 Å². The molecule has 1 fully saturated rings. The van der Waals surface area contributed by atoms with Gasteiger partial charge in [0.05, 0.1) is 0 Å². The molecular formula is C13H19N2O+. The molecule has 1 saturated carbocycles. The highest BCUT2D eigenvalue weighted by Gasteiger charge is 2.21. The lowest BCUT2D eigenvalue weighted by Gasteiger charge is -2.19. The van der Waals surface area contributed by atoms with Crippen molar-refractivity contribution in [1.29, 1.82) is 0 Å². The maximum atomic E-state index is 11.8. The molecule has 0 heterocycles. The fourth-order valence-corrected chi connectivity index (χ4v) is 2.19. The van der Waals surface area contributed by atoms with Crippen LogP contribution in [0.1, 0.15) is 32.1 Å². The summed E-state index contributed by atoms with van der Waals surface area (Å²) in [5.74, 6) is 0.414. The number of nitrogens with one attached hydrogen (secondary N) is 1. The fraction of sp³-hybridized carbons (Fsp3) is 0.462. The van der Waals surface area contributed by atoms with Crippen molar-refractivity contribution >= 4 is 11.6 Å². The summed E-state index contributed by atoms with van der Waals surface area (Å²) in [5, 5.41) is 0. The van der Waals surface area contributed by atoms with E-state index < -0.39 is 0 Å². The lowest BCUT2D eigenvalue weighted by Crippen LogP contribution is -2.89. The van der Waals surface area contributed by atoms with Crippen LogP contribution in [-0.4, -0.2) is 5.91 Å². The number of hydrogen-bond acceptors (Lipinski definition) is 1. The van der Waals surface area contributed by atoms with E-state index in [1.807, 2.05) is 30.3 Å². The highest BCUT2D eigenvalue weighted by molar-refractivity contribution is 5.77. The first-order valence-corrected chi connectivity index (χ1v) is 6.05. The van der Waals surface area contributed by atoms with Gasteiger partial charge in [0.2, 0.25) is 0 Å². The monoisotopic (exact) mass is 219 g/mol. The van der Waals surface area contributed by atoms with Gasteiger partial charge in [0.1, 0.15) is 0 Å². The highest BCUT2D eigenvalue weighted by Crippen LogP contribution is 2.23. The normalized spacial score (nSPS) is 17.0. The van der Waals surface area contributed by atoms with Gasteiger partial charge in [-0.15, -0.1) is 0 Å². The Morgan fingerprint density at radius 3 is 2.50 bits per heavy atom. The quantitative estimate of drug-likeness (QED) is 0.344. The van der Waals surface area contributed by atoms with E-state index in [9.17, 15) is 4.79 Å². The Balaban J connectivity index is 1.79. The molecule has 1 aromatic carbocycles. The molecule has 0 aromatic heterocycles. The highest BCUT2D eigenvalue weighted by atomic mass is 16.2. The second-order valence-electron chi connectivity index (χ2n) is 4.40. The summed E-state index contributed by atoms with van der Waals surface area (Å²) in [5.41, 5.74) is 5.76. The summed E-state index contributed by atoms with van der Waals surface area (Å²) in [7, 11) is 0. The van der Waals surface area contributed by atoms with E-state index in [0.717, 1.165) is 18.5 Å². The number of benzene rings is 1. The third-order valence-corrected chi connectivity index (χ3v) is 3.16. The molecule has 0 bridgehead atoms. The van der Waals surface area contributed by atoms with Crippen molar-refractivity contribution in [3.63, 3.8) is 0 Å². The maximum absolute atomic E-state index is 11.8. The van der Waals surface area contributed by atoms with E-state index in [4.69, 9.17) is 0 Å². The van der Waals surface area contributed by atoms with Gasteiger partial charge >= 0.3 is 0 Å². The molecule has 16 heavy (non-hydrogen) atoms. The number of carbonyl (C=O) groups excluding carboxylic acids is 1. The number of rotatable bonds is 3. The van der Waals surface area contributed by atoms with Gasteiger partial charge in [-0.3, -0.25) is 4.79 Å². The van der Waals surface area contributed by atoms with E-state index in [-0.39, 0.29) is 11.8 Å². The van der Waals surface area contributed by atoms with Crippen LogP contribution < -0.4 is 10.9 Å². The van der Waals surface area contributed by atoms with Gasteiger partial charge < -0.3 is 0 Å². The third-order valence-electron chi connectivity index (χ3n) is 3.16. The summed E-state index contributed by atoms with van der Waals surface area (Å²) in [6, 6.07) is 9.89. The van der Waals surface area contributed by atoms with E-state index in [1.54, 1.807) is 5.43 Å². The average Bonchev–Trinajstić information content (AvgIpc) is 2.38. The molecule has 0 aliphatic heterocycles. The van der Waals surface area contributed by atoms with Gasteiger partial charge in [-0.25, -0.2) is 5.43 Å². The number of quaternary nitrogens is 1. The molecule has 3 nitrogen and oxygen atoms in total. The summed E-state index contributed by atoms with van der Waals surface area (Å²) in [4.78, 5) is 11.8. The number of hydrogen-bond donors (Lipinski definition) is 2. The van der Waals surface area contributed by atoms with Crippen LogP contribution in [0.4, 0.5) is 5.69 Å². The van der Waals surface area contributed by atoms with Gasteiger partial charge in [-0.2, -0.15) is 5.43 Å². The minimum atomic E-state index is 0.184. The Labute approximate surface area is 96.2 Å². The van der Waals surface area contributed by atoms with Crippen LogP contribution >= 0.6 is 0 Å². The van der Waals surface area contributed by atoms with Crippen molar-refractivity contribution in [2.24, 2.45) is 5.92 Å². The summed E-state index contributed by atoms with van der Waals surface area (Å²) in [6.45, 7) is 0. The predicted molar refractivity (Wildman–Crippen MR) is 62.7 cm³/mol. The van der Waals surface area contributed by atoms with Gasteiger partial charge in [-0.05, 0) is 12.8 Å². The Hall–Kier alpha value is -1.35. The van der Waals surface area contributed by atoms with Crippen LogP contribution in [0.5, 0.6) is 0 Å². The second-order valence-corrected chi connectivity index (χ2v) is 4.40. The smallest absolute Gasteiger partial charge is 0.268 e. The summed E-state index contributed by atoms with van der Waals surface area (Å²) >= 11 is 0. The minimum absolute atomic E-state index is 0.184. The van der Waals surface area contributed by atoms with E-state index in [1.165, 1.54) is 19.3 Å². The Bertz CT molecular complexity index is 331. The van der Waals surface area contributed by atoms with Crippen molar-refractivity contribution in [3.05, 3.63) is 30.3 Å². The topological polar surface area (TPSA) is 45.7 Å². The molecule has 1 aliphatic rings. The molecule has 1 amide bonds. The Morgan fingerprint density at radius 2 is 1.81 bits per heavy atom. The second kappa shape index (κ2) is 5.66. The molecule has 1 aromatic rings. The molecule has 3 heteroatoms. The van der Waals surface area contributed by atoms with Crippen molar-refractivity contribution in [3.8, 4) is 0 Å². The van der Waals surface area contributed by atoms with Crippen molar-refractivity contribution in [2.75, 3.05) is 0 Å². The van der Waals surface area contributed by atoms with Crippen molar-refractivity contribution in [2.45, 2.75) is 32.1 Å². The lowest BCUT2D eigenvalue weighted by atomic mass is 9.89. The molecule has 3 N–H and O–H groups in total. The first kappa shape index (κ1) is 11.1. The largest absolute Gasteiger partial charge is 0.270 e. The predicted octanol–water partition coefficient (Wildman–Crippen LogP) is 1.49. The molecule has 0 radical (unpaired) electrons. The molecule has 0 spiro atoms. The molecule has 86 valence electrons. The van der Waals surface area contributed by atoms with Gasteiger partial charge in [0.25, 0.3) is 5.91 Å². The fourth-order valence-electron chi connectivity index (χ4n) is 2.19. The zero-order valence-corrected chi connectivity index (χ0v) is 9.49. The van der Waals surface area contributed by atoms with Crippen LogP contribution in [-0.2, 0) is 4.79 Å². The van der Waals surface area contributed by atoms with Crippen LogP contribution in [0.15, 0.2) is 30.3 Å². The van der Waals surface area contributed by atoms with Crippen molar-refractivity contribution < 1.29 is 10.2 Å². The van der Waals surface area contributed by atoms with E-state index in [2.05, 4.69) is 5.43 Å². The van der Waals surface area contributed by atoms with Crippen LogP contribution in [0, 0.1) is 5.92 Å². The number of amides is 1. The van der Waals surface area contributed by atoms with Gasteiger partial charge in [0.15, 0.2) is 5.69 Å². The number of nitrogens with two attached hydrogens (primary N) is 1. The Morgan fingerprint density at radius 1 is 1.12 bits per heavy atom. The zero-order chi connectivity index (χ0) is 11.2. The zero-order valence-electron chi connectivity index (χ0n) is 9.49. The third kappa shape index (κ3) is 3.07. The molecule has 1 aliphatic carbocycles. The van der Waals surface area contributed by atoms with E-state index >= 15 is 0 Å². The molecular weight excluding hydrogens is 200 g/mol. The van der Waals surface area contributed by atoms with Crippen LogP contribution in [0.25, 0.3) is 0 Å². The number of carbonyl (C=O) groups is 1. The minimum Gasteiger partial charge on any atom is -0.270 e. The van der Waals surface area contributed by atoms with E-state index in [0.29, 0.717) is 0 Å². The standard InChI is InChI=1S/C13H18N2O/c16-13(11-7-3-1-4-8-11)15-14-12-9-5-2-6-10-12/h2,5-6,9-11,14H,1,3-4,7-8H2,(H,15,16)/p+1. The first-order chi connectivity index (χ1) is 7.86. The molecule has 0 saturated heterocycles. The lowest BCUT2D eigenvalue weighted by molar-refractivity contribution is -0.620. The average molecular weight is 219 g/mol. The van der Waals surface area contributed by atoms with Gasteiger partial charge in [0, 0.05) is 18.1 Å². The van der Waals surface area contributed by atoms with Crippen LogP contribution in [0.3, 0.4) is 0 Å². The molecule has 2 rings (SSSR count). The summed E-state index contributed by atoms with van der Waals surface area (Å²) < 4.78 is 0. The SMILES string of the molecule is O=C(N[NH2+]c1ccccc1)C1CCCCC1. The maximum Gasteiger partial charge on any atom is 0.268 e. The molecule has 0 atom stereocenters. The molecule has 0 unspecified atom stereocenters. The van der Waals surface area contributed by atoms with Gasteiger partial charge in [-0.1, -0.05) is 37.5 Å². The summed E-state index contributed by atoms with van der Waals surface area (Å²) in [6.07, 6.45) is 5.78. The van der Waals surface area contributed by atoms with Crippen molar-refractivity contribution in [1.82, 2.24) is 5.43 Å². The number of para-hydroxylation sites is 1. The first-order valence-electron chi connectivity index (χ1n) is 6.05.